The minimum Gasteiger partial charge on any atom is -0.395 e. The summed E-state index contributed by atoms with van der Waals surface area (Å²) in [6, 6.07) is 6.04. The number of hydrogen-bond donors (Lipinski definition) is 1. The van der Waals surface area contributed by atoms with Crippen LogP contribution in [-0.2, 0) is 6.18 Å². The molecule has 25 heavy (non-hydrogen) atoms. The number of likely N-dealkylation sites (N-methyl/N-ethyl adjacent to an activating group) is 1. The van der Waals surface area contributed by atoms with Gasteiger partial charge in [-0.05, 0) is 38.1 Å². The first-order valence-electron chi connectivity index (χ1n) is 8.42. The maximum absolute atomic E-state index is 12.9. The van der Waals surface area contributed by atoms with Gasteiger partial charge in [0.1, 0.15) is 0 Å². The molecule has 0 radical (unpaired) electrons. The average molecular weight is 353 g/mol. The van der Waals surface area contributed by atoms with Gasteiger partial charge < -0.3 is 14.9 Å². The average Bonchev–Trinajstić information content (AvgIpc) is 2.60. The van der Waals surface area contributed by atoms with Crippen molar-refractivity contribution in [1.82, 2.24) is 9.88 Å². The third kappa shape index (κ3) is 3.88. The Morgan fingerprint density at radius 3 is 2.60 bits per heavy atom. The van der Waals surface area contributed by atoms with Crippen LogP contribution in [0.15, 0.2) is 30.5 Å². The summed E-state index contributed by atoms with van der Waals surface area (Å²) in [6.45, 7) is 2.47. The monoisotopic (exact) mass is 353 g/mol. The number of fused-ring (bicyclic) bond motifs is 1. The van der Waals surface area contributed by atoms with Gasteiger partial charge in [-0.25, -0.2) is 0 Å². The highest BCUT2D eigenvalue weighted by atomic mass is 19.4. The molecule has 2 aromatic rings. The summed E-state index contributed by atoms with van der Waals surface area (Å²) in [6.07, 6.45) is -0.870. The molecule has 0 aliphatic carbocycles. The number of aliphatic hydroxyl groups is 1. The molecule has 1 saturated heterocycles. The number of hydrogen-bond acceptors (Lipinski definition) is 4. The minimum absolute atomic E-state index is 0.146. The second kappa shape index (κ2) is 7.17. The molecule has 4 nitrogen and oxygen atoms in total. The van der Waals surface area contributed by atoms with Crippen molar-refractivity contribution < 1.29 is 18.3 Å². The maximum atomic E-state index is 12.9. The van der Waals surface area contributed by atoms with E-state index < -0.39 is 11.7 Å². The van der Waals surface area contributed by atoms with Crippen molar-refractivity contribution in [2.75, 3.05) is 38.2 Å². The lowest BCUT2D eigenvalue weighted by atomic mass is 10.0. The van der Waals surface area contributed by atoms with Gasteiger partial charge in [0, 0.05) is 42.9 Å². The van der Waals surface area contributed by atoms with Crippen LogP contribution in [0, 0.1) is 0 Å². The first-order valence-corrected chi connectivity index (χ1v) is 8.42. The van der Waals surface area contributed by atoms with Gasteiger partial charge in [-0.1, -0.05) is 6.07 Å². The molecule has 1 N–H and O–H groups in total. The first-order chi connectivity index (χ1) is 11.9. The van der Waals surface area contributed by atoms with Gasteiger partial charge in [0.05, 0.1) is 17.7 Å². The van der Waals surface area contributed by atoms with Crippen molar-refractivity contribution in [1.29, 1.82) is 0 Å². The number of aromatic nitrogens is 1. The van der Waals surface area contributed by atoms with E-state index in [1.54, 1.807) is 6.20 Å². The fourth-order valence-corrected chi connectivity index (χ4v) is 3.47. The highest BCUT2D eigenvalue weighted by molar-refractivity contribution is 5.92. The lowest BCUT2D eigenvalue weighted by Gasteiger charge is -2.38. The Morgan fingerprint density at radius 2 is 1.96 bits per heavy atom. The van der Waals surface area contributed by atoms with E-state index in [0.29, 0.717) is 18.1 Å². The summed E-state index contributed by atoms with van der Waals surface area (Å²) in [4.78, 5) is 8.49. The van der Waals surface area contributed by atoms with E-state index in [1.165, 1.54) is 6.07 Å². The Morgan fingerprint density at radius 1 is 1.24 bits per heavy atom. The van der Waals surface area contributed by atoms with Gasteiger partial charge >= 0.3 is 6.18 Å². The second-order valence-corrected chi connectivity index (χ2v) is 6.48. The summed E-state index contributed by atoms with van der Waals surface area (Å²) in [5.74, 6) is 0. The minimum atomic E-state index is -4.36. The fourth-order valence-electron chi connectivity index (χ4n) is 3.47. The lowest BCUT2D eigenvalue weighted by Crippen LogP contribution is -2.44. The van der Waals surface area contributed by atoms with Crippen LogP contribution in [-0.4, -0.2) is 54.3 Å². The quantitative estimate of drug-likeness (QED) is 0.917. The summed E-state index contributed by atoms with van der Waals surface area (Å²) < 4.78 is 38.7. The zero-order valence-corrected chi connectivity index (χ0v) is 14.1. The molecule has 1 aliphatic heterocycles. The normalized spacial score (nSPS) is 16.8. The number of halogens is 3. The molecule has 136 valence electrons. The molecule has 1 aliphatic rings. The Hall–Kier alpha value is -1.86. The number of nitrogens with zero attached hydrogens (tertiary/aromatic N) is 3. The third-order valence-corrected chi connectivity index (χ3v) is 4.93. The molecular weight excluding hydrogens is 331 g/mol. The number of aliphatic hydroxyl groups excluding tert-OH is 1. The van der Waals surface area contributed by atoms with E-state index in [2.05, 4.69) is 14.8 Å². The molecule has 0 unspecified atom stereocenters. The Labute approximate surface area is 144 Å². The first kappa shape index (κ1) is 17.9. The van der Waals surface area contributed by atoms with E-state index >= 15 is 0 Å². The molecule has 0 saturated carbocycles. The van der Waals surface area contributed by atoms with Crippen LogP contribution in [0.4, 0.5) is 18.9 Å². The molecule has 0 amide bonds. The lowest BCUT2D eigenvalue weighted by molar-refractivity contribution is -0.137. The third-order valence-electron chi connectivity index (χ3n) is 4.93. The summed E-state index contributed by atoms with van der Waals surface area (Å²) in [5, 5.41) is 9.80. The van der Waals surface area contributed by atoms with E-state index in [-0.39, 0.29) is 6.61 Å². The van der Waals surface area contributed by atoms with E-state index in [1.807, 2.05) is 13.1 Å². The van der Waals surface area contributed by atoms with Gasteiger partial charge in [-0.15, -0.1) is 0 Å². The Balaban J connectivity index is 1.81. The zero-order valence-electron chi connectivity index (χ0n) is 14.1. The smallest absolute Gasteiger partial charge is 0.395 e. The molecular formula is C18H22F3N3O. The zero-order chi connectivity index (χ0) is 18.0. The van der Waals surface area contributed by atoms with Crippen molar-refractivity contribution in [3.63, 3.8) is 0 Å². The van der Waals surface area contributed by atoms with Gasteiger partial charge in [-0.3, -0.25) is 4.98 Å². The van der Waals surface area contributed by atoms with Crippen LogP contribution < -0.4 is 4.90 Å². The molecule has 1 aromatic carbocycles. The second-order valence-electron chi connectivity index (χ2n) is 6.48. The highest BCUT2D eigenvalue weighted by Gasteiger charge is 2.31. The van der Waals surface area contributed by atoms with Crippen molar-refractivity contribution in [3.05, 3.63) is 36.0 Å². The summed E-state index contributed by atoms with van der Waals surface area (Å²) in [7, 11) is 2.01. The van der Waals surface area contributed by atoms with Gasteiger partial charge in [-0.2, -0.15) is 13.2 Å². The number of anilines is 1. The standard InChI is InChI=1S/C18H22F3N3O/c1-23(10-11-25)14-5-8-24(9-6-14)17-4-7-22-16-12-13(18(19,20)21)2-3-15(16)17/h2-4,7,12,14,25H,5-6,8-11H2,1H3. The van der Waals surface area contributed by atoms with Crippen molar-refractivity contribution >= 4 is 16.6 Å². The largest absolute Gasteiger partial charge is 0.416 e. The van der Waals surface area contributed by atoms with E-state index in [9.17, 15) is 13.2 Å². The molecule has 7 heteroatoms. The van der Waals surface area contributed by atoms with Crippen molar-refractivity contribution in [2.24, 2.45) is 0 Å². The summed E-state index contributed by atoms with van der Waals surface area (Å²) in [5.41, 5.74) is 0.628. The Bertz CT molecular complexity index is 727. The van der Waals surface area contributed by atoms with Crippen LogP contribution >= 0.6 is 0 Å². The summed E-state index contributed by atoms with van der Waals surface area (Å²) >= 11 is 0. The van der Waals surface area contributed by atoms with Gasteiger partial charge in [0.2, 0.25) is 0 Å². The van der Waals surface area contributed by atoms with Crippen LogP contribution in [0.5, 0.6) is 0 Å². The molecule has 0 spiro atoms. The number of rotatable bonds is 4. The molecule has 0 bridgehead atoms. The predicted octanol–water partition coefficient (Wildman–Crippen LogP) is 3.15. The van der Waals surface area contributed by atoms with Gasteiger partial charge in [0.15, 0.2) is 0 Å². The van der Waals surface area contributed by atoms with E-state index in [4.69, 9.17) is 5.11 Å². The fraction of sp³-hybridized carbons (Fsp3) is 0.500. The molecule has 1 aromatic heterocycles. The van der Waals surface area contributed by atoms with E-state index in [0.717, 1.165) is 49.1 Å². The molecule has 0 atom stereocenters. The topological polar surface area (TPSA) is 39.6 Å². The maximum Gasteiger partial charge on any atom is 0.416 e. The van der Waals surface area contributed by atoms with Crippen LogP contribution in [0.2, 0.25) is 0 Å². The molecule has 1 fully saturated rings. The highest BCUT2D eigenvalue weighted by Crippen LogP contribution is 2.34. The SMILES string of the molecule is CN(CCO)C1CCN(c2ccnc3cc(C(F)(F)F)ccc23)CC1. The molecule has 3 rings (SSSR count). The predicted molar refractivity (Wildman–Crippen MR) is 91.7 cm³/mol. The number of pyridine rings is 1. The number of alkyl halides is 3. The van der Waals surface area contributed by atoms with Crippen LogP contribution in [0.25, 0.3) is 10.9 Å². The Kier molecular flexibility index (Phi) is 5.15. The van der Waals surface area contributed by atoms with Crippen LogP contribution in [0.1, 0.15) is 18.4 Å². The number of benzene rings is 1. The van der Waals surface area contributed by atoms with Crippen LogP contribution in [0.3, 0.4) is 0 Å². The number of piperidine rings is 1. The van der Waals surface area contributed by atoms with Gasteiger partial charge in [0.25, 0.3) is 0 Å². The molecule has 2 heterocycles. The van der Waals surface area contributed by atoms with Crippen molar-refractivity contribution in [3.8, 4) is 0 Å². The van der Waals surface area contributed by atoms with Crippen molar-refractivity contribution in [2.45, 2.75) is 25.1 Å².